The number of rotatable bonds is 3. The minimum absolute atomic E-state index is 0.0778. The Labute approximate surface area is 110 Å². The highest BCUT2D eigenvalue weighted by Crippen LogP contribution is 2.17. The van der Waals surface area contributed by atoms with E-state index in [0.29, 0.717) is 12.2 Å². The monoisotopic (exact) mass is 283 g/mol. The lowest BCUT2D eigenvalue weighted by Gasteiger charge is -2.09. The summed E-state index contributed by atoms with van der Waals surface area (Å²) in [6, 6.07) is 5.65. The van der Waals surface area contributed by atoms with Gasteiger partial charge in [-0.15, -0.1) is 0 Å². The van der Waals surface area contributed by atoms with E-state index >= 15 is 0 Å². The first-order valence-electron chi connectivity index (χ1n) is 5.57. The van der Waals surface area contributed by atoms with E-state index in [0.717, 1.165) is 0 Å². The average molecular weight is 283 g/mol. The molecule has 1 aliphatic heterocycles. The van der Waals surface area contributed by atoms with Gasteiger partial charge in [-0.25, -0.2) is 13.6 Å². The number of hydrogen-bond donors (Lipinski definition) is 3. The number of hydrogen-bond acceptors (Lipinski definition) is 4. The number of nitrogens with one attached hydrogen (secondary N) is 2. The Kier molecular flexibility index (Phi) is 3.54. The lowest BCUT2D eigenvalue weighted by Crippen LogP contribution is -2.24. The second-order valence-corrected chi connectivity index (χ2v) is 5.83. The lowest BCUT2D eigenvalue weighted by atomic mass is 10.1. The third kappa shape index (κ3) is 3.30. The molecule has 0 aromatic heterocycles. The van der Waals surface area contributed by atoms with Crippen LogP contribution in [-0.2, 0) is 19.6 Å². The van der Waals surface area contributed by atoms with Crippen LogP contribution in [-0.4, -0.2) is 26.8 Å². The number of carbonyl (C=O) groups excluding carboxylic acids is 2. The van der Waals surface area contributed by atoms with Crippen molar-refractivity contribution >= 4 is 27.5 Å². The van der Waals surface area contributed by atoms with Gasteiger partial charge < -0.3 is 10.6 Å². The highest BCUT2D eigenvalue weighted by Gasteiger charge is 2.27. The van der Waals surface area contributed by atoms with E-state index in [1.54, 1.807) is 6.07 Å². The molecule has 2 rings (SSSR count). The van der Waals surface area contributed by atoms with Gasteiger partial charge in [-0.05, 0) is 18.2 Å². The van der Waals surface area contributed by atoms with E-state index in [-0.39, 0.29) is 23.1 Å². The van der Waals surface area contributed by atoms with Crippen LogP contribution in [0.25, 0.3) is 0 Å². The SMILES string of the molecule is NS(=O)(=O)c1cccc(NC(=O)C2CNC(=O)C2)c1. The fraction of sp³-hybridized carbons (Fsp3) is 0.273. The average Bonchev–Trinajstić information content (AvgIpc) is 2.75. The molecule has 4 N–H and O–H groups in total. The number of amides is 2. The molecule has 1 aromatic carbocycles. The zero-order chi connectivity index (χ0) is 14.0. The molecule has 19 heavy (non-hydrogen) atoms. The molecule has 1 saturated heterocycles. The summed E-state index contributed by atoms with van der Waals surface area (Å²) in [4.78, 5) is 22.8. The van der Waals surface area contributed by atoms with Crippen molar-refractivity contribution in [2.24, 2.45) is 11.1 Å². The maximum Gasteiger partial charge on any atom is 0.238 e. The van der Waals surface area contributed by atoms with Gasteiger partial charge in [-0.2, -0.15) is 0 Å². The summed E-state index contributed by atoms with van der Waals surface area (Å²) in [5, 5.41) is 10.1. The van der Waals surface area contributed by atoms with E-state index in [4.69, 9.17) is 5.14 Å². The van der Waals surface area contributed by atoms with Crippen LogP contribution in [0.4, 0.5) is 5.69 Å². The third-order valence-corrected chi connectivity index (χ3v) is 3.69. The molecule has 1 atom stereocenters. The quantitative estimate of drug-likeness (QED) is 0.687. The van der Waals surface area contributed by atoms with Crippen molar-refractivity contribution in [2.75, 3.05) is 11.9 Å². The Morgan fingerprint density at radius 3 is 2.74 bits per heavy atom. The van der Waals surface area contributed by atoms with Gasteiger partial charge in [0.2, 0.25) is 21.8 Å². The van der Waals surface area contributed by atoms with Crippen molar-refractivity contribution in [3.63, 3.8) is 0 Å². The highest BCUT2D eigenvalue weighted by atomic mass is 32.2. The van der Waals surface area contributed by atoms with Crippen LogP contribution >= 0.6 is 0 Å². The number of benzene rings is 1. The maximum absolute atomic E-state index is 11.8. The van der Waals surface area contributed by atoms with E-state index in [2.05, 4.69) is 10.6 Å². The standard InChI is InChI=1S/C11H13N3O4S/c12-19(17,18)9-3-1-2-8(5-9)14-11(16)7-4-10(15)13-6-7/h1-3,5,7H,4,6H2,(H,13,15)(H,14,16)(H2,12,17,18). The van der Waals surface area contributed by atoms with E-state index < -0.39 is 15.9 Å². The first-order valence-corrected chi connectivity index (χ1v) is 7.11. The van der Waals surface area contributed by atoms with Gasteiger partial charge in [0.25, 0.3) is 0 Å². The number of nitrogens with two attached hydrogens (primary N) is 1. The van der Waals surface area contributed by atoms with E-state index in [1.807, 2.05) is 0 Å². The second-order valence-electron chi connectivity index (χ2n) is 4.27. The molecule has 102 valence electrons. The molecule has 7 nitrogen and oxygen atoms in total. The molecule has 1 heterocycles. The first kappa shape index (κ1) is 13.5. The fourth-order valence-electron chi connectivity index (χ4n) is 1.79. The molecular weight excluding hydrogens is 270 g/mol. The van der Waals surface area contributed by atoms with E-state index in [9.17, 15) is 18.0 Å². The molecule has 0 aliphatic carbocycles. The Balaban J connectivity index is 2.11. The van der Waals surface area contributed by atoms with Gasteiger partial charge in [0.15, 0.2) is 0 Å². The van der Waals surface area contributed by atoms with Crippen LogP contribution in [0, 0.1) is 5.92 Å². The van der Waals surface area contributed by atoms with Crippen LogP contribution in [0.15, 0.2) is 29.2 Å². The Morgan fingerprint density at radius 1 is 1.42 bits per heavy atom. The van der Waals surface area contributed by atoms with Crippen molar-refractivity contribution in [1.29, 1.82) is 0 Å². The minimum atomic E-state index is -3.81. The number of primary sulfonamides is 1. The summed E-state index contributed by atoms with van der Waals surface area (Å²) >= 11 is 0. The normalized spacial score (nSPS) is 19.0. The smallest absolute Gasteiger partial charge is 0.238 e. The Bertz CT molecular complexity index is 627. The minimum Gasteiger partial charge on any atom is -0.355 e. The highest BCUT2D eigenvalue weighted by molar-refractivity contribution is 7.89. The van der Waals surface area contributed by atoms with Crippen LogP contribution in [0.1, 0.15) is 6.42 Å². The predicted molar refractivity (Wildman–Crippen MR) is 67.6 cm³/mol. The molecule has 2 amide bonds. The van der Waals surface area contributed by atoms with Crippen LogP contribution < -0.4 is 15.8 Å². The van der Waals surface area contributed by atoms with Gasteiger partial charge in [0.1, 0.15) is 0 Å². The predicted octanol–water partition coefficient (Wildman–Crippen LogP) is -0.591. The van der Waals surface area contributed by atoms with Crippen LogP contribution in [0.2, 0.25) is 0 Å². The summed E-state index contributed by atoms with van der Waals surface area (Å²) in [5.41, 5.74) is 0.330. The molecule has 8 heteroatoms. The molecule has 1 fully saturated rings. The largest absolute Gasteiger partial charge is 0.355 e. The summed E-state index contributed by atoms with van der Waals surface area (Å²) in [6.45, 7) is 0.291. The van der Waals surface area contributed by atoms with Gasteiger partial charge in [0.05, 0.1) is 10.8 Å². The van der Waals surface area contributed by atoms with Crippen molar-refractivity contribution in [3.8, 4) is 0 Å². The van der Waals surface area contributed by atoms with E-state index in [1.165, 1.54) is 18.2 Å². The third-order valence-electron chi connectivity index (χ3n) is 2.78. The molecule has 1 aliphatic rings. The van der Waals surface area contributed by atoms with Crippen molar-refractivity contribution in [3.05, 3.63) is 24.3 Å². The number of carbonyl (C=O) groups is 2. The Morgan fingerprint density at radius 2 is 2.16 bits per heavy atom. The van der Waals surface area contributed by atoms with Gasteiger partial charge in [0, 0.05) is 18.7 Å². The van der Waals surface area contributed by atoms with Crippen LogP contribution in [0.5, 0.6) is 0 Å². The lowest BCUT2D eigenvalue weighted by molar-refractivity contribution is -0.123. The van der Waals surface area contributed by atoms with Crippen molar-refractivity contribution in [2.45, 2.75) is 11.3 Å². The molecule has 0 radical (unpaired) electrons. The molecule has 1 unspecified atom stereocenters. The molecule has 0 bridgehead atoms. The summed E-state index contributed by atoms with van der Waals surface area (Å²) in [7, 11) is -3.81. The topological polar surface area (TPSA) is 118 Å². The van der Waals surface area contributed by atoms with Crippen molar-refractivity contribution < 1.29 is 18.0 Å². The summed E-state index contributed by atoms with van der Waals surface area (Å²) < 4.78 is 22.4. The van der Waals surface area contributed by atoms with Gasteiger partial charge in [-0.3, -0.25) is 9.59 Å². The van der Waals surface area contributed by atoms with Crippen molar-refractivity contribution in [1.82, 2.24) is 5.32 Å². The van der Waals surface area contributed by atoms with Gasteiger partial charge >= 0.3 is 0 Å². The summed E-state index contributed by atoms with van der Waals surface area (Å²) in [6.07, 6.45) is 0.140. The zero-order valence-corrected chi connectivity index (χ0v) is 10.7. The molecular formula is C11H13N3O4S. The number of sulfonamides is 1. The van der Waals surface area contributed by atoms with Crippen LogP contribution in [0.3, 0.4) is 0 Å². The number of anilines is 1. The molecule has 0 saturated carbocycles. The second kappa shape index (κ2) is 4.98. The zero-order valence-electron chi connectivity index (χ0n) is 9.92. The Hall–Kier alpha value is -1.93. The van der Waals surface area contributed by atoms with Gasteiger partial charge in [-0.1, -0.05) is 6.07 Å². The fourth-order valence-corrected chi connectivity index (χ4v) is 2.35. The first-order chi connectivity index (χ1) is 8.86. The summed E-state index contributed by atoms with van der Waals surface area (Å²) in [5.74, 6) is -0.936. The molecule has 0 spiro atoms. The maximum atomic E-state index is 11.8. The molecule has 1 aromatic rings.